The number of aliphatic hydroxyl groups excluding tert-OH is 1. The molecule has 3 aromatic rings. The molecule has 2 aromatic heterocycles. The summed E-state index contributed by atoms with van der Waals surface area (Å²) in [6.45, 7) is 3.93. The summed E-state index contributed by atoms with van der Waals surface area (Å²) in [5.41, 5.74) is 0.750. The molecule has 1 atom stereocenters. The van der Waals surface area contributed by atoms with Gasteiger partial charge in [-0.25, -0.2) is 0 Å². The van der Waals surface area contributed by atoms with E-state index >= 15 is 0 Å². The van der Waals surface area contributed by atoms with Gasteiger partial charge >= 0.3 is 0 Å². The third-order valence-electron chi connectivity index (χ3n) is 3.14. The SMILES string of the molecule is CC(C)Oc1cncc(C(O)c2cc3ccccc3s2)c1. The largest absolute Gasteiger partial charge is 0.489 e. The number of rotatable bonds is 4. The van der Waals surface area contributed by atoms with Gasteiger partial charge in [-0.15, -0.1) is 11.3 Å². The van der Waals surface area contributed by atoms with Gasteiger partial charge in [-0.3, -0.25) is 4.98 Å². The number of thiophene rings is 1. The second kappa shape index (κ2) is 5.84. The van der Waals surface area contributed by atoms with Gasteiger partial charge in [0.2, 0.25) is 0 Å². The van der Waals surface area contributed by atoms with Gasteiger partial charge in [0.05, 0.1) is 12.3 Å². The van der Waals surface area contributed by atoms with E-state index < -0.39 is 6.10 Å². The lowest BCUT2D eigenvalue weighted by Crippen LogP contribution is -2.07. The maximum atomic E-state index is 10.6. The number of hydrogen-bond acceptors (Lipinski definition) is 4. The van der Waals surface area contributed by atoms with E-state index in [1.807, 2.05) is 38.1 Å². The zero-order chi connectivity index (χ0) is 14.8. The Bertz CT molecular complexity index is 718. The van der Waals surface area contributed by atoms with Crippen LogP contribution in [0.4, 0.5) is 0 Å². The van der Waals surface area contributed by atoms with E-state index in [0.717, 1.165) is 15.8 Å². The molecule has 0 aliphatic heterocycles. The molecule has 0 saturated carbocycles. The molecular formula is C17H17NO2S. The van der Waals surface area contributed by atoms with E-state index in [1.165, 1.54) is 4.70 Å². The highest BCUT2D eigenvalue weighted by atomic mass is 32.1. The zero-order valence-corrected chi connectivity index (χ0v) is 12.8. The number of nitrogens with zero attached hydrogens (tertiary/aromatic N) is 1. The Balaban J connectivity index is 1.92. The first-order valence-electron chi connectivity index (χ1n) is 6.91. The Morgan fingerprint density at radius 2 is 1.95 bits per heavy atom. The normalized spacial score (nSPS) is 12.8. The Hall–Kier alpha value is -1.91. The predicted molar refractivity (Wildman–Crippen MR) is 85.9 cm³/mol. The highest BCUT2D eigenvalue weighted by molar-refractivity contribution is 7.19. The molecule has 1 aromatic carbocycles. The molecule has 0 bridgehead atoms. The van der Waals surface area contributed by atoms with Crippen LogP contribution in [-0.2, 0) is 0 Å². The van der Waals surface area contributed by atoms with Gasteiger partial charge in [-0.05, 0) is 37.4 Å². The van der Waals surface area contributed by atoms with Crippen molar-refractivity contribution in [2.24, 2.45) is 0 Å². The van der Waals surface area contributed by atoms with Crippen molar-refractivity contribution in [2.75, 3.05) is 0 Å². The van der Waals surface area contributed by atoms with E-state index in [9.17, 15) is 5.11 Å². The second-order valence-electron chi connectivity index (χ2n) is 5.21. The molecule has 1 unspecified atom stereocenters. The molecular weight excluding hydrogens is 282 g/mol. The van der Waals surface area contributed by atoms with Crippen LogP contribution in [-0.4, -0.2) is 16.2 Å². The molecule has 0 radical (unpaired) electrons. The number of ether oxygens (including phenoxy) is 1. The van der Waals surface area contributed by atoms with Gasteiger partial charge in [-0.2, -0.15) is 0 Å². The van der Waals surface area contributed by atoms with Crippen LogP contribution in [0.5, 0.6) is 5.75 Å². The first-order chi connectivity index (χ1) is 10.1. The van der Waals surface area contributed by atoms with Crippen LogP contribution in [0.2, 0.25) is 0 Å². The van der Waals surface area contributed by atoms with Gasteiger partial charge in [-0.1, -0.05) is 18.2 Å². The summed E-state index contributed by atoms with van der Waals surface area (Å²) in [6.07, 6.45) is 2.76. The van der Waals surface area contributed by atoms with Crippen LogP contribution >= 0.6 is 11.3 Å². The number of hydrogen-bond donors (Lipinski definition) is 1. The average molecular weight is 299 g/mol. The van der Waals surface area contributed by atoms with Crippen molar-refractivity contribution in [1.29, 1.82) is 0 Å². The Morgan fingerprint density at radius 3 is 2.71 bits per heavy atom. The maximum Gasteiger partial charge on any atom is 0.138 e. The maximum absolute atomic E-state index is 10.6. The smallest absolute Gasteiger partial charge is 0.138 e. The summed E-state index contributed by atoms with van der Waals surface area (Å²) < 4.78 is 6.80. The summed E-state index contributed by atoms with van der Waals surface area (Å²) in [4.78, 5) is 5.07. The van der Waals surface area contributed by atoms with E-state index in [0.29, 0.717) is 5.75 Å². The van der Waals surface area contributed by atoms with Crippen molar-refractivity contribution in [3.8, 4) is 5.75 Å². The van der Waals surface area contributed by atoms with Crippen molar-refractivity contribution < 1.29 is 9.84 Å². The summed E-state index contributed by atoms with van der Waals surface area (Å²) in [5, 5.41) is 11.7. The van der Waals surface area contributed by atoms with Crippen LogP contribution in [0.1, 0.15) is 30.4 Å². The third-order valence-corrected chi connectivity index (χ3v) is 4.30. The molecule has 0 aliphatic rings. The highest BCUT2D eigenvalue weighted by Gasteiger charge is 2.15. The lowest BCUT2D eigenvalue weighted by atomic mass is 10.1. The van der Waals surface area contributed by atoms with Crippen molar-refractivity contribution >= 4 is 21.4 Å². The molecule has 108 valence electrons. The van der Waals surface area contributed by atoms with Crippen molar-refractivity contribution in [3.63, 3.8) is 0 Å². The zero-order valence-electron chi connectivity index (χ0n) is 12.0. The topological polar surface area (TPSA) is 42.4 Å². The Morgan fingerprint density at radius 1 is 1.14 bits per heavy atom. The molecule has 0 amide bonds. The fraction of sp³-hybridized carbons (Fsp3) is 0.235. The molecule has 3 nitrogen and oxygen atoms in total. The van der Waals surface area contributed by atoms with Crippen molar-refractivity contribution in [1.82, 2.24) is 4.98 Å². The summed E-state index contributed by atoms with van der Waals surface area (Å²) in [7, 11) is 0. The summed E-state index contributed by atoms with van der Waals surface area (Å²) in [6, 6.07) is 12.0. The molecule has 21 heavy (non-hydrogen) atoms. The third kappa shape index (κ3) is 3.06. The van der Waals surface area contributed by atoms with Gasteiger partial charge in [0.25, 0.3) is 0 Å². The minimum Gasteiger partial charge on any atom is -0.489 e. The van der Waals surface area contributed by atoms with Crippen molar-refractivity contribution in [2.45, 2.75) is 26.1 Å². The Kier molecular flexibility index (Phi) is 3.90. The van der Waals surface area contributed by atoms with Gasteiger partial charge in [0, 0.05) is 21.3 Å². The van der Waals surface area contributed by atoms with E-state index in [4.69, 9.17) is 4.74 Å². The molecule has 1 N–H and O–H groups in total. The van der Waals surface area contributed by atoms with Crippen LogP contribution < -0.4 is 4.74 Å². The lowest BCUT2D eigenvalue weighted by molar-refractivity contribution is 0.219. The van der Waals surface area contributed by atoms with E-state index in [2.05, 4.69) is 17.1 Å². The van der Waals surface area contributed by atoms with Gasteiger partial charge in [0.1, 0.15) is 11.9 Å². The molecule has 0 saturated heterocycles. The van der Waals surface area contributed by atoms with E-state index in [-0.39, 0.29) is 6.10 Å². The first kappa shape index (κ1) is 14.0. The number of pyridine rings is 1. The number of aliphatic hydroxyl groups is 1. The molecule has 2 heterocycles. The fourth-order valence-electron chi connectivity index (χ4n) is 2.22. The van der Waals surface area contributed by atoms with Crippen LogP contribution in [0, 0.1) is 0 Å². The molecule has 4 heteroatoms. The average Bonchev–Trinajstić information content (AvgIpc) is 2.90. The quantitative estimate of drug-likeness (QED) is 0.786. The molecule has 0 aliphatic carbocycles. The van der Waals surface area contributed by atoms with Gasteiger partial charge < -0.3 is 9.84 Å². The minimum atomic E-state index is -0.675. The predicted octanol–water partition coefficient (Wildman–Crippen LogP) is 4.17. The first-order valence-corrected chi connectivity index (χ1v) is 7.73. The second-order valence-corrected chi connectivity index (χ2v) is 6.33. The summed E-state index contributed by atoms with van der Waals surface area (Å²) >= 11 is 1.60. The summed E-state index contributed by atoms with van der Waals surface area (Å²) in [5.74, 6) is 0.683. The number of aromatic nitrogens is 1. The van der Waals surface area contributed by atoms with Crippen LogP contribution in [0.25, 0.3) is 10.1 Å². The van der Waals surface area contributed by atoms with Crippen LogP contribution in [0.3, 0.4) is 0 Å². The molecule has 3 rings (SSSR count). The van der Waals surface area contributed by atoms with Crippen LogP contribution in [0.15, 0.2) is 48.8 Å². The monoisotopic (exact) mass is 299 g/mol. The highest BCUT2D eigenvalue weighted by Crippen LogP contribution is 2.33. The standard InChI is InChI=1S/C17H17NO2S/c1-11(2)20-14-7-13(9-18-10-14)17(19)16-8-12-5-3-4-6-15(12)21-16/h3-11,17,19H,1-2H3. The van der Waals surface area contributed by atoms with Gasteiger partial charge in [0.15, 0.2) is 0 Å². The number of benzene rings is 1. The molecule has 0 fully saturated rings. The fourth-order valence-corrected chi connectivity index (χ4v) is 3.30. The van der Waals surface area contributed by atoms with E-state index in [1.54, 1.807) is 23.7 Å². The Labute approximate surface area is 127 Å². The number of fused-ring (bicyclic) bond motifs is 1. The minimum absolute atomic E-state index is 0.0866. The lowest BCUT2D eigenvalue weighted by Gasteiger charge is -2.12. The molecule has 0 spiro atoms. The van der Waals surface area contributed by atoms with Crippen molar-refractivity contribution in [3.05, 3.63) is 59.2 Å².